The van der Waals surface area contributed by atoms with E-state index in [0.717, 1.165) is 17.8 Å². The third kappa shape index (κ3) is 4.52. The Morgan fingerprint density at radius 2 is 2.26 bits per heavy atom. The Morgan fingerprint density at radius 3 is 2.84 bits per heavy atom. The van der Waals surface area contributed by atoms with Gasteiger partial charge in [-0.15, -0.1) is 0 Å². The molecule has 0 bridgehead atoms. The number of nitrogens with zero attached hydrogens (tertiary/aromatic N) is 2. The minimum atomic E-state index is -0.571. The number of nitriles is 1. The first-order chi connectivity index (χ1) is 9.12. The average Bonchev–Trinajstić information content (AvgIpc) is 2.39. The van der Waals surface area contributed by atoms with Crippen LogP contribution in [0.5, 0.6) is 0 Å². The fraction of sp³-hybridized carbons (Fsp3) is 0.500. The number of aliphatic hydroxyl groups is 1. The molecule has 1 rings (SSSR count). The number of likely N-dealkylation sites (N-methyl/N-ethyl adjacent to an activating group) is 1. The minimum Gasteiger partial charge on any atom is -0.389 e. The second-order valence-corrected chi connectivity index (χ2v) is 4.48. The SMILES string of the molecule is CNCc1ccc(N(C)CC(O)COC)c(C#N)c1. The predicted molar refractivity (Wildman–Crippen MR) is 75.1 cm³/mol. The summed E-state index contributed by atoms with van der Waals surface area (Å²) in [6, 6.07) is 7.95. The van der Waals surface area contributed by atoms with Crippen LogP contribution in [0, 0.1) is 11.3 Å². The number of methoxy groups -OCH3 is 1. The predicted octanol–water partition coefficient (Wildman–Crippen LogP) is 0.721. The second kappa shape index (κ2) is 7.74. The van der Waals surface area contributed by atoms with E-state index in [2.05, 4.69) is 11.4 Å². The molecule has 1 aromatic rings. The van der Waals surface area contributed by atoms with Crippen LogP contribution in [0.1, 0.15) is 11.1 Å². The monoisotopic (exact) mass is 263 g/mol. The Morgan fingerprint density at radius 1 is 1.53 bits per heavy atom. The minimum absolute atomic E-state index is 0.282. The molecule has 0 aliphatic carbocycles. The van der Waals surface area contributed by atoms with Crippen LogP contribution in [0.25, 0.3) is 0 Å². The number of ether oxygens (including phenoxy) is 1. The van der Waals surface area contributed by atoms with E-state index in [1.165, 1.54) is 0 Å². The van der Waals surface area contributed by atoms with Crippen molar-refractivity contribution in [3.05, 3.63) is 29.3 Å². The molecule has 0 radical (unpaired) electrons. The Balaban J connectivity index is 2.84. The fourth-order valence-corrected chi connectivity index (χ4v) is 1.98. The van der Waals surface area contributed by atoms with E-state index in [9.17, 15) is 10.4 Å². The number of hydrogen-bond donors (Lipinski definition) is 2. The maximum atomic E-state index is 9.72. The highest BCUT2D eigenvalue weighted by molar-refractivity contribution is 5.60. The van der Waals surface area contributed by atoms with Gasteiger partial charge in [-0.2, -0.15) is 5.26 Å². The number of hydrogen-bond acceptors (Lipinski definition) is 5. The van der Waals surface area contributed by atoms with Crippen LogP contribution >= 0.6 is 0 Å². The van der Waals surface area contributed by atoms with Crippen LogP contribution in [0.3, 0.4) is 0 Å². The quantitative estimate of drug-likeness (QED) is 0.758. The molecule has 0 amide bonds. The van der Waals surface area contributed by atoms with Gasteiger partial charge in [0.15, 0.2) is 0 Å². The normalized spacial score (nSPS) is 11.9. The summed E-state index contributed by atoms with van der Waals surface area (Å²) in [5.74, 6) is 0. The lowest BCUT2D eigenvalue weighted by molar-refractivity contribution is 0.0695. The van der Waals surface area contributed by atoms with Crippen LogP contribution in [0.15, 0.2) is 18.2 Å². The van der Waals surface area contributed by atoms with Crippen molar-refractivity contribution < 1.29 is 9.84 Å². The molecule has 19 heavy (non-hydrogen) atoms. The average molecular weight is 263 g/mol. The van der Waals surface area contributed by atoms with E-state index >= 15 is 0 Å². The molecule has 0 aromatic heterocycles. The summed E-state index contributed by atoms with van der Waals surface area (Å²) in [6.45, 7) is 1.43. The second-order valence-electron chi connectivity index (χ2n) is 4.48. The van der Waals surface area contributed by atoms with E-state index in [1.54, 1.807) is 7.11 Å². The Bertz CT molecular complexity index is 443. The van der Waals surface area contributed by atoms with Gasteiger partial charge in [0, 0.05) is 27.2 Å². The van der Waals surface area contributed by atoms with Crippen molar-refractivity contribution in [3.8, 4) is 6.07 Å². The summed E-state index contributed by atoms with van der Waals surface area (Å²) in [7, 11) is 5.27. The first-order valence-corrected chi connectivity index (χ1v) is 6.18. The number of anilines is 1. The van der Waals surface area contributed by atoms with Crippen LogP contribution in [0.2, 0.25) is 0 Å². The number of benzene rings is 1. The molecule has 2 N–H and O–H groups in total. The summed E-state index contributed by atoms with van der Waals surface area (Å²) >= 11 is 0. The van der Waals surface area contributed by atoms with Crippen LogP contribution in [-0.4, -0.2) is 45.6 Å². The Kier molecular flexibility index (Phi) is 6.30. The zero-order valence-electron chi connectivity index (χ0n) is 11.7. The third-order valence-corrected chi connectivity index (χ3v) is 2.82. The number of aliphatic hydroxyl groups excluding tert-OH is 1. The number of rotatable bonds is 7. The van der Waals surface area contributed by atoms with Gasteiger partial charge in [-0.25, -0.2) is 0 Å². The maximum absolute atomic E-state index is 9.72. The van der Waals surface area contributed by atoms with E-state index in [0.29, 0.717) is 12.1 Å². The van der Waals surface area contributed by atoms with Crippen LogP contribution in [-0.2, 0) is 11.3 Å². The maximum Gasteiger partial charge on any atom is 0.101 e. The van der Waals surface area contributed by atoms with Crippen molar-refractivity contribution in [2.75, 3.05) is 39.3 Å². The molecule has 1 aromatic carbocycles. The van der Waals surface area contributed by atoms with Gasteiger partial charge < -0.3 is 20.1 Å². The molecule has 5 nitrogen and oxygen atoms in total. The summed E-state index contributed by atoms with van der Waals surface area (Å²) in [4.78, 5) is 1.87. The summed E-state index contributed by atoms with van der Waals surface area (Å²) < 4.78 is 4.90. The zero-order chi connectivity index (χ0) is 14.3. The summed E-state index contributed by atoms with van der Waals surface area (Å²) in [5, 5.41) is 22.0. The van der Waals surface area contributed by atoms with Gasteiger partial charge in [0.25, 0.3) is 0 Å². The highest BCUT2D eigenvalue weighted by Crippen LogP contribution is 2.20. The van der Waals surface area contributed by atoms with E-state index in [1.807, 2.05) is 37.2 Å². The van der Waals surface area contributed by atoms with Crippen LogP contribution in [0.4, 0.5) is 5.69 Å². The van der Waals surface area contributed by atoms with E-state index in [-0.39, 0.29) is 6.61 Å². The topological polar surface area (TPSA) is 68.5 Å². The van der Waals surface area contributed by atoms with Gasteiger partial charge in [0.05, 0.1) is 24.0 Å². The molecule has 1 unspecified atom stereocenters. The fourth-order valence-electron chi connectivity index (χ4n) is 1.98. The van der Waals surface area contributed by atoms with Gasteiger partial charge in [0.2, 0.25) is 0 Å². The first-order valence-electron chi connectivity index (χ1n) is 6.18. The van der Waals surface area contributed by atoms with E-state index in [4.69, 9.17) is 4.74 Å². The van der Waals surface area contributed by atoms with Crippen molar-refractivity contribution in [1.29, 1.82) is 5.26 Å². The van der Waals surface area contributed by atoms with Gasteiger partial charge in [0.1, 0.15) is 6.07 Å². The molecule has 5 heteroatoms. The smallest absolute Gasteiger partial charge is 0.101 e. The van der Waals surface area contributed by atoms with Crippen molar-refractivity contribution in [2.45, 2.75) is 12.6 Å². The summed E-state index contributed by atoms with van der Waals surface area (Å²) in [6.07, 6.45) is -0.571. The van der Waals surface area contributed by atoms with Crippen molar-refractivity contribution in [3.63, 3.8) is 0 Å². The van der Waals surface area contributed by atoms with Gasteiger partial charge in [-0.1, -0.05) is 6.07 Å². The molecule has 0 aliphatic heterocycles. The molecular weight excluding hydrogens is 242 g/mol. The van der Waals surface area contributed by atoms with Gasteiger partial charge in [-0.3, -0.25) is 0 Å². The summed E-state index contributed by atoms with van der Waals surface area (Å²) in [5.41, 5.74) is 2.49. The lowest BCUT2D eigenvalue weighted by atomic mass is 10.1. The van der Waals surface area contributed by atoms with E-state index < -0.39 is 6.10 Å². The molecule has 104 valence electrons. The molecule has 1 atom stereocenters. The highest BCUT2D eigenvalue weighted by atomic mass is 16.5. The lowest BCUT2D eigenvalue weighted by Crippen LogP contribution is -2.32. The zero-order valence-corrected chi connectivity index (χ0v) is 11.7. The third-order valence-electron chi connectivity index (χ3n) is 2.82. The lowest BCUT2D eigenvalue weighted by Gasteiger charge is -2.23. The molecule has 0 heterocycles. The molecule has 0 aliphatic rings. The Hall–Kier alpha value is -1.61. The highest BCUT2D eigenvalue weighted by Gasteiger charge is 2.12. The largest absolute Gasteiger partial charge is 0.389 e. The number of nitrogens with one attached hydrogen (secondary N) is 1. The first kappa shape index (κ1) is 15.4. The van der Waals surface area contributed by atoms with Crippen molar-refractivity contribution >= 4 is 5.69 Å². The van der Waals surface area contributed by atoms with Gasteiger partial charge >= 0.3 is 0 Å². The molecule has 0 spiro atoms. The van der Waals surface area contributed by atoms with Crippen molar-refractivity contribution in [1.82, 2.24) is 5.32 Å². The molecule has 0 fully saturated rings. The molecule has 0 saturated heterocycles. The van der Waals surface area contributed by atoms with Crippen LogP contribution < -0.4 is 10.2 Å². The van der Waals surface area contributed by atoms with Crippen molar-refractivity contribution in [2.24, 2.45) is 0 Å². The molecular formula is C14H21N3O2. The standard InChI is InChI=1S/C14H21N3O2/c1-16-8-11-4-5-14(12(6-11)7-15)17(2)9-13(18)10-19-3/h4-6,13,16,18H,8-10H2,1-3H3. The Labute approximate surface area is 114 Å². The van der Waals surface area contributed by atoms with Gasteiger partial charge in [-0.05, 0) is 24.7 Å². The molecule has 0 saturated carbocycles.